The molecule has 9 nitrogen and oxygen atoms in total. The van der Waals surface area contributed by atoms with Crippen LogP contribution in [0.2, 0.25) is 0 Å². The van der Waals surface area contributed by atoms with Gasteiger partial charge in [0.05, 0.1) is 28.8 Å². The van der Waals surface area contributed by atoms with Crippen LogP contribution in [0.15, 0.2) is 60.0 Å². The van der Waals surface area contributed by atoms with E-state index in [-0.39, 0.29) is 24.3 Å². The van der Waals surface area contributed by atoms with Gasteiger partial charge < -0.3 is 20.2 Å². The molecule has 1 aliphatic heterocycles. The summed E-state index contributed by atoms with van der Waals surface area (Å²) in [5, 5.41) is 19.9. The second kappa shape index (κ2) is 14.9. The quantitative estimate of drug-likeness (QED) is 0.186. The van der Waals surface area contributed by atoms with Crippen LogP contribution in [0, 0.1) is 13.8 Å². The first-order valence-electron chi connectivity index (χ1n) is 16.1. The van der Waals surface area contributed by atoms with Crippen LogP contribution in [-0.4, -0.2) is 68.1 Å². The number of hydrogen-bond acceptors (Lipinski definition) is 6. The van der Waals surface area contributed by atoms with Crippen LogP contribution in [0.5, 0.6) is 0 Å². The molecule has 2 aromatic heterocycles. The number of unbranched alkanes of at least 4 members (excludes halogenated alkanes) is 2. The molecule has 3 heterocycles. The molecule has 1 atom stereocenters. The van der Waals surface area contributed by atoms with Gasteiger partial charge in [-0.1, -0.05) is 51.0 Å². The predicted molar refractivity (Wildman–Crippen MR) is 182 cm³/mol. The number of aryl methyl sites for hydroxylation is 2. The molecule has 5 rings (SSSR count). The molecule has 2 N–H and O–H groups in total. The normalized spacial score (nSPS) is 14.2. The smallest absolute Gasteiger partial charge is 0.274 e. The highest BCUT2D eigenvalue weighted by molar-refractivity contribution is 7.12. The van der Waals surface area contributed by atoms with Crippen molar-refractivity contribution in [1.29, 1.82) is 0 Å². The minimum absolute atomic E-state index is 0.125. The number of aromatic nitrogens is 2. The number of rotatable bonds is 12. The van der Waals surface area contributed by atoms with Crippen LogP contribution in [0.3, 0.4) is 0 Å². The number of aliphatic hydroxyl groups excluding tert-OH is 1. The summed E-state index contributed by atoms with van der Waals surface area (Å²) in [7, 11) is 0. The van der Waals surface area contributed by atoms with Crippen LogP contribution in [0.1, 0.15) is 92.4 Å². The van der Waals surface area contributed by atoms with Crippen molar-refractivity contribution in [1.82, 2.24) is 19.6 Å². The first-order valence-corrected chi connectivity index (χ1v) is 17.0. The maximum absolute atomic E-state index is 14.5. The summed E-state index contributed by atoms with van der Waals surface area (Å²) in [5.74, 6) is -0.664. The maximum Gasteiger partial charge on any atom is 0.274 e. The Morgan fingerprint density at radius 2 is 1.72 bits per heavy atom. The van der Waals surface area contributed by atoms with Crippen molar-refractivity contribution < 1.29 is 19.5 Å². The zero-order chi connectivity index (χ0) is 32.8. The van der Waals surface area contributed by atoms with E-state index in [1.807, 2.05) is 54.5 Å². The first-order chi connectivity index (χ1) is 22.2. The third-order valence-corrected chi connectivity index (χ3v) is 9.58. The van der Waals surface area contributed by atoms with Crippen molar-refractivity contribution in [3.05, 3.63) is 98.5 Å². The van der Waals surface area contributed by atoms with Crippen LogP contribution >= 0.6 is 11.3 Å². The van der Waals surface area contributed by atoms with Crippen molar-refractivity contribution in [3.63, 3.8) is 0 Å². The number of aliphatic hydroxyl groups is 1. The number of nitrogens with zero attached hydrogens (tertiary/aromatic N) is 4. The molecule has 0 saturated heterocycles. The Kier molecular flexibility index (Phi) is 10.7. The summed E-state index contributed by atoms with van der Waals surface area (Å²) in [4.78, 5) is 45.4. The van der Waals surface area contributed by atoms with Crippen LogP contribution in [0.25, 0.3) is 5.69 Å². The molecule has 46 heavy (non-hydrogen) atoms. The van der Waals surface area contributed by atoms with Crippen molar-refractivity contribution in [3.8, 4) is 5.69 Å². The number of benzene rings is 2. The van der Waals surface area contributed by atoms with Crippen LogP contribution in [-0.2, 0) is 13.0 Å². The van der Waals surface area contributed by atoms with Crippen molar-refractivity contribution in [2.45, 2.75) is 72.4 Å². The lowest BCUT2D eigenvalue weighted by atomic mass is 9.93. The largest absolute Gasteiger partial charge is 0.394 e. The van der Waals surface area contributed by atoms with E-state index in [0.717, 1.165) is 42.4 Å². The van der Waals surface area contributed by atoms with E-state index >= 15 is 0 Å². The molecule has 2 aromatic carbocycles. The van der Waals surface area contributed by atoms with E-state index in [0.29, 0.717) is 59.3 Å². The molecule has 4 aromatic rings. The van der Waals surface area contributed by atoms with E-state index < -0.39 is 6.04 Å². The highest BCUT2D eigenvalue weighted by atomic mass is 32.1. The fourth-order valence-electron chi connectivity index (χ4n) is 5.90. The molecular weight excluding hydrogens is 598 g/mol. The molecule has 0 saturated carbocycles. The molecule has 0 bridgehead atoms. The summed E-state index contributed by atoms with van der Waals surface area (Å²) >= 11 is 1.36. The van der Waals surface area contributed by atoms with Crippen molar-refractivity contribution in [2.24, 2.45) is 0 Å². The second-order valence-corrected chi connectivity index (χ2v) is 12.9. The molecule has 0 radical (unpaired) electrons. The van der Waals surface area contributed by atoms with E-state index in [4.69, 9.17) is 5.10 Å². The second-order valence-electron chi connectivity index (χ2n) is 11.9. The summed E-state index contributed by atoms with van der Waals surface area (Å²) in [6, 6.07) is 16.4. The SMILES string of the molecule is CCCCN(CCCC)C(=O)c1cc(C)n(-c2ccc(NC(=O)c3sccc3C)cc2C(=O)N2Cc3ccccc3C[C@H]2CO)n1. The minimum atomic E-state index is -0.413. The van der Waals surface area contributed by atoms with Gasteiger partial charge in [-0.2, -0.15) is 5.10 Å². The van der Waals surface area contributed by atoms with Crippen molar-refractivity contribution >= 4 is 34.7 Å². The molecule has 0 unspecified atom stereocenters. The van der Waals surface area contributed by atoms with E-state index in [1.165, 1.54) is 11.3 Å². The molecule has 242 valence electrons. The molecular formula is C36H43N5O4S. The fraction of sp³-hybridized carbons (Fsp3) is 0.389. The van der Waals surface area contributed by atoms with Gasteiger partial charge >= 0.3 is 0 Å². The number of anilines is 1. The molecule has 0 aliphatic carbocycles. The highest BCUT2D eigenvalue weighted by Gasteiger charge is 2.32. The Balaban J connectivity index is 1.54. The Labute approximate surface area is 274 Å². The minimum Gasteiger partial charge on any atom is -0.394 e. The Bertz CT molecular complexity index is 1700. The molecule has 0 fully saturated rings. The van der Waals surface area contributed by atoms with Crippen LogP contribution in [0.4, 0.5) is 5.69 Å². The van der Waals surface area contributed by atoms with Gasteiger partial charge in [-0.25, -0.2) is 4.68 Å². The third kappa shape index (κ3) is 7.08. The lowest BCUT2D eigenvalue weighted by molar-refractivity contribution is 0.0544. The van der Waals surface area contributed by atoms with Gasteiger partial charge in [0.25, 0.3) is 17.7 Å². The molecule has 10 heteroatoms. The first kappa shape index (κ1) is 33.1. The topological polar surface area (TPSA) is 108 Å². The lowest BCUT2D eigenvalue weighted by Crippen LogP contribution is -2.46. The molecule has 1 aliphatic rings. The van der Waals surface area contributed by atoms with Gasteiger partial charge in [0, 0.05) is 31.0 Å². The van der Waals surface area contributed by atoms with Crippen LogP contribution < -0.4 is 5.32 Å². The summed E-state index contributed by atoms with van der Waals surface area (Å²) in [5.41, 5.74) is 5.33. The maximum atomic E-state index is 14.5. The van der Waals surface area contributed by atoms with Gasteiger partial charge in [0.15, 0.2) is 5.69 Å². The van der Waals surface area contributed by atoms with E-state index in [9.17, 15) is 19.5 Å². The number of thiophene rings is 1. The average Bonchev–Trinajstić information content (AvgIpc) is 3.68. The lowest BCUT2D eigenvalue weighted by Gasteiger charge is -2.36. The standard InChI is InChI=1S/C36H43N5O4S/c1-5-7-16-39(17-8-6-2)36(45)31-19-25(4)41(38-31)32-14-13-28(37-34(43)33-24(3)15-18-46-33)21-30(32)35(44)40-22-27-12-10-9-11-26(27)20-29(40)23-42/h9-15,18-19,21,29,42H,5-8,16-17,20,22-23H2,1-4H3,(H,37,43)/t29-/m0/s1. The zero-order valence-electron chi connectivity index (χ0n) is 27.1. The summed E-state index contributed by atoms with van der Waals surface area (Å²) in [6.07, 6.45) is 4.33. The van der Waals surface area contributed by atoms with Gasteiger partial charge in [-0.15, -0.1) is 11.3 Å². The summed E-state index contributed by atoms with van der Waals surface area (Å²) in [6.45, 7) is 9.46. The third-order valence-electron chi connectivity index (χ3n) is 8.57. The Morgan fingerprint density at radius 3 is 2.37 bits per heavy atom. The van der Waals surface area contributed by atoms with Gasteiger partial charge in [0.2, 0.25) is 0 Å². The summed E-state index contributed by atoms with van der Waals surface area (Å²) < 4.78 is 1.64. The molecule has 0 spiro atoms. The number of nitrogens with one attached hydrogen (secondary N) is 1. The van der Waals surface area contributed by atoms with Gasteiger partial charge in [-0.3, -0.25) is 14.4 Å². The Morgan fingerprint density at radius 1 is 1.00 bits per heavy atom. The number of carbonyl (C=O) groups excluding carboxylic acids is 3. The number of amides is 3. The van der Waals surface area contributed by atoms with E-state index in [1.54, 1.807) is 33.8 Å². The number of hydrogen-bond donors (Lipinski definition) is 2. The van der Waals surface area contributed by atoms with Crippen molar-refractivity contribution in [2.75, 3.05) is 25.0 Å². The Hall–Kier alpha value is -4.28. The fourth-order valence-corrected chi connectivity index (χ4v) is 6.72. The monoisotopic (exact) mass is 641 g/mol. The van der Waals surface area contributed by atoms with Gasteiger partial charge in [0.1, 0.15) is 0 Å². The van der Waals surface area contributed by atoms with Gasteiger partial charge in [-0.05, 0) is 85.5 Å². The number of fused-ring (bicyclic) bond motifs is 1. The molecule has 3 amide bonds. The highest BCUT2D eigenvalue weighted by Crippen LogP contribution is 2.29. The number of carbonyl (C=O) groups is 3. The zero-order valence-corrected chi connectivity index (χ0v) is 27.9. The predicted octanol–water partition coefficient (Wildman–Crippen LogP) is 6.40. The average molecular weight is 642 g/mol. The van der Waals surface area contributed by atoms with E-state index in [2.05, 4.69) is 19.2 Å².